The summed E-state index contributed by atoms with van der Waals surface area (Å²) in [5.41, 5.74) is 12.1. The van der Waals surface area contributed by atoms with E-state index in [9.17, 15) is 0 Å². The Morgan fingerprint density at radius 3 is 2.85 bits per heavy atom. The second-order valence-corrected chi connectivity index (χ2v) is 4.82. The van der Waals surface area contributed by atoms with E-state index < -0.39 is 0 Å². The molecule has 3 nitrogen and oxygen atoms in total. The van der Waals surface area contributed by atoms with Gasteiger partial charge in [-0.05, 0) is 37.6 Å². The molecule has 2 fully saturated rings. The van der Waals surface area contributed by atoms with Gasteiger partial charge in [0.15, 0.2) is 0 Å². The lowest BCUT2D eigenvalue weighted by molar-refractivity contribution is 0.263. The summed E-state index contributed by atoms with van der Waals surface area (Å²) in [5, 5.41) is 0. The van der Waals surface area contributed by atoms with E-state index in [0.717, 1.165) is 13.1 Å². The first kappa shape index (κ1) is 9.44. The van der Waals surface area contributed by atoms with Gasteiger partial charge < -0.3 is 16.4 Å². The summed E-state index contributed by atoms with van der Waals surface area (Å²) in [6.45, 7) is 4.35. The van der Waals surface area contributed by atoms with E-state index in [1.807, 2.05) is 0 Å². The van der Waals surface area contributed by atoms with Crippen LogP contribution >= 0.6 is 0 Å². The molecule has 76 valence electrons. The molecule has 2 aliphatic rings. The van der Waals surface area contributed by atoms with Gasteiger partial charge in [0.1, 0.15) is 0 Å². The highest BCUT2D eigenvalue weighted by Crippen LogP contribution is 2.44. The van der Waals surface area contributed by atoms with Crippen molar-refractivity contribution in [2.45, 2.75) is 31.7 Å². The SMILES string of the molecule is NCCN1CCC2(CCC(N)C2)C1. The van der Waals surface area contributed by atoms with Crippen molar-refractivity contribution in [3.05, 3.63) is 0 Å². The Bertz CT molecular complexity index is 183. The van der Waals surface area contributed by atoms with Crippen molar-refractivity contribution in [2.75, 3.05) is 26.2 Å². The van der Waals surface area contributed by atoms with Gasteiger partial charge in [-0.3, -0.25) is 0 Å². The molecule has 13 heavy (non-hydrogen) atoms. The van der Waals surface area contributed by atoms with Crippen LogP contribution in [0.4, 0.5) is 0 Å². The Morgan fingerprint density at radius 1 is 1.38 bits per heavy atom. The molecule has 0 bridgehead atoms. The van der Waals surface area contributed by atoms with E-state index in [-0.39, 0.29) is 0 Å². The minimum Gasteiger partial charge on any atom is -0.329 e. The molecule has 1 saturated carbocycles. The average molecular weight is 183 g/mol. The Kier molecular flexibility index (Phi) is 2.58. The molecule has 2 atom stereocenters. The number of nitrogens with two attached hydrogens (primary N) is 2. The maximum atomic E-state index is 5.97. The molecule has 2 unspecified atom stereocenters. The van der Waals surface area contributed by atoms with Gasteiger partial charge in [-0.15, -0.1) is 0 Å². The highest BCUT2D eigenvalue weighted by molar-refractivity contribution is 4.97. The second kappa shape index (κ2) is 3.56. The molecule has 3 heteroatoms. The van der Waals surface area contributed by atoms with E-state index in [1.165, 1.54) is 38.8 Å². The van der Waals surface area contributed by atoms with Gasteiger partial charge in [0.05, 0.1) is 0 Å². The van der Waals surface area contributed by atoms with Crippen LogP contribution in [-0.4, -0.2) is 37.1 Å². The van der Waals surface area contributed by atoms with Crippen molar-refractivity contribution in [1.29, 1.82) is 0 Å². The van der Waals surface area contributed by atoms with Crippen LogP contribution in [0.25, 0.3) is 0 Å². The van der Waals surface area contributed by atoms with Crippen LogP contribution in [0.15, 0.2) is 0 Å². The maximum Gasteiger partial charge on any atom is 0.0105 e. The Labute approximate surface area is 80.5 Å². The summed E-state index contributed by atoms with van der Waals surface area (Å²) >= 11 is 0. The number of likely N-dealkylation sites (tertiary alicyclic amines) is 1. The normalized spacial score (nSPS) is 40.6. The van der Waals surface area contributed by atoms with Crippen LogP contribution in [0.5, 0.6) is 0 Å². The van der Waals surface area contributed by atoms with Crippen LogP contribution in [0.2, 0.25) is 0 Å². The Hall–Kier alpha value is -0.120. The highest BCUT2D eigenvalue weighted by atomic mass is 15.2. The monoisotopic (exact) mass is 183 g/mol. The molecule has 0 amide bonds. The smallest absolute Gasteiger partial charge is 0.0105 e. The topological polar surface area (TPSA) is 55.3 Å². The molecule has 0 radical (unpaired) electrons. The predicted octanol–water partition coefficient (Wildman–Crippen LogP) is 0.148. The summed E-state index contributed by atoms with van der Waals surface area (Å²) in [6.07, 6.45) is 5.17. The third-order valence-corrected chi connectivity index (χ3v) is 3.70. The molecule has 1 heterocycles. The van der Waals surface area contributed by atoms with Gasteiger partial charge in [0.2, 0.25) is 0 Å². The molecule has 0 aromatic heterocycles. The first-order valence-corrected chi connectivity index (χ1v) is 5.42. The van der Waals surface area contributed by atoms with Crippen LogP contribution in [0.3, 0.4) is 0 Å². The second-order valence-electron chi connectivity index (χ2n) is 4.82. The van der Waals surface area contributed by atoms with E-state index in [1.54, 1.807) is 0 Å². The lowest BCUT2D eigenvalue weighted by Gasteiger charge is -2.23. The van der Waals surface area contributed by atoms with Gasteiger partial charge in [0.25, 0.3) is 0 Å². The zero-order chi connectivity index (χ0) is 9.31. The van der Waals surface area contributed by atoms with Crippen molar-refractivity contribution in [1.82, 2.24) is 4.90 Å². The quantitative estimate of drug-likeness (QED) is 0.640. The Morgan fingerprint density at radius 2 is 2.23 bits per heavy atom. The fourth-order valence-corrected chi connectivity index (χ4v) is 3.02. The molecule has 0 aromatic carbocycles. The zero-order valence-electron chi connectivity index (χ0n) is 8.34. The van der Waals surface area contributed by atoms with Crippen molar-refractivity contribution < 1.29 is 0 Å². The van der Waals surface area contributed by atoms with Crippen molar-refractivity contribution in [3.63, 3.8) is 0 Å². The average Bonchev–Trinajstić information content (AvgIpc) is 2.62. The third kappa shape index (κ3) is 1.87. The summed E-state index contributed by atoms with van der Waals surface area (Å²) in [4.78, 5) is 2.50. The summed E-state index contributed by atoms with van der Waals surface area (Å²) in [7, 11) is 0. The molecule has 0 aromatic rings. The predicted molar refractivity (Wildman–Crippen MR) is 54.4 cm³/mol. The minimum atomic E-state index is 0.470. The Balaban J connectivity index is 1.89. The lowest BCUT2D eigenvalue weighted by atomic mass is 9.85. The van der Waals surface area contributed by atoms with Crippen LogP contribution in [0.1, 0.15) is 25.7 Å². The maximum absolute atomic E-state index is 5.97. The molecule has 2 rings (SSSR count). The molecule has 1 aliphatic carbocycles. The first-order valence-electron chi connectivity index (χ1n) is 5.42. The van der Waals surface area contributed by atoms with Crippen LogP contribution in [0, 0.1) is 5.41 Å². The van der Waals surface area contributed by atoms with Gasteiger partial charge in [0, 0.05) is 25.7 Å². The van der Waals surface area contributed by atoms with E-state index in [0.29, 0.717) is 11.5 Å². The first-order chi connectivity index (χ1) is 6.24. The molecular formula is C10H21N3. The number of nitrogens with zero attached hydrogens (tertiary/aromatic N) is 1. The summed E-state index contributed by atoms with van der Waals surface area (Å²) < 4.78 is 0. The molecular weight excluding hydrogens is 162 g/mol. The summed E-state index contributed by atoms with van der Waals surface area (Å²) in [5.74, 6) is 0. The molecule has 1 aliphatic heterocycles. The standard InChI is InChI=1S/C10H21N3/c11-4-6-13-5-3-10(8-13)2-1-9(12)7-10/h9H,1-8,11-12H2. The molecule has 1 spiro atoms. The van der Waals surface area contributed by atoms with E-state index >= 15 is 0 Å². The minimum absolute atomic E-state index is 0.470. The molecule has 1 saturated heterocycles. The van der Waals surface area contributed by atoms with Crippen molar-refractivity contribution in [2.24, 2.45) is 16.9 Å². The molecule has 4 N–H and O–H groups in total. The van der Waals surface area contributed by atoms with Gasteiger partial charge in [-0.1, -0.05) is 0 Å². The van der Waals surface area contributed by atoms with E-state index in [2.05, 4.69) is 4.90 Å². The number of rotatable bonds is 2. The highest BCUT2D eigenvalue weighted by Gasteiger charge is 2.42. The van der Waals surface area contributed by atoms with Crippen LogP contribution < -0.4 is 11.5 Å². The largest absolute Gasteiger partial charge is 0.329 e. The third-order valence-electron chi connectivity index (χ3n) is 3.70. The van der Waals surface area contributed by atoms with Gasteiger partial charge >= 0.3 is 0 Å². The van der Waals surface area contributed by atoms with Gasteiger partial charge in [-0.25, -0.2) is 0 Å². The van der Waals surface area contributed by atoms with Crippen molar-refractivity contribution in [3.8, 4) is 0 Å². The van der Waals surface area contributed by atoms with E-state index in [4.69, 9.17) is 11.5 Å². The van der Waals surface area contributed by atoms with Crippen LogP contribution in [-0.2, 0) is 0 Å². The fraction of sp³-hybridized carbons (Fsp3) is 1.00. The summed E-state index contributed by atoms with van der Waals surface area (Å²) in [6, 6.07) is 0.470. The number of hydrogen-bond donors (Lipinski definition) is 2. The zero-order valence-corrected chi connectivity index (χ0v) is 8.34. The lowest BCUT2D eigenvalue weighted by Crippen LogP contribution is -2.30. The van der Waals surface area contributed by atoms with Crippen molar-refractivity contribution >= 4 is 0 Å². The van der Waals surface area contributed by atoms with Gasteiger partial charge in [-0.2, -0.15) is 0 Å². The fourth-order valence-electron chi connectivity index (χ4n) is 3.02. The number of hydrogen-bond acceptors (Lipinski definition) is 3.